The first-order chi connectivity index (χ1) is 7.57. The van der Waals surface area contributed by atoms with Gasteiger partial charge in [-0.1, -0.05) is 0 Å². The molecule has 0 unspecified atom stereocenters. The van der Waals surface area contributed by atoms with E-state index < -0.39 is 0 Å². The summed E-state index contributed by atoms with van der Waals surface area (Å²) >= 11 is 0. The molecule has 4 saturated carbocycles. The first-order valence-electron chi connectivity index (χ1n) is 6.74. The van der Waals surface area contributed by atoms with Crippen LogP contribution in [0.4, 0.5) is 0 Å². The molecule has 4 aliphatic carbocycles. The fourth-order valence-corrected chi connectivity index (χ4v) is 5.05. The van der Waals surface area contributed by atoms with Gasteiger partial charge in [0.05, 0.1) is 0 Å². The van der Waals surface area contributed by atoms with Crippen LogP contribution in [0, 0.1) is 23.2 Å². The van der Waals surface area contributed by atoms with Crippen LogP contribution in [0.3, 0.4) is 0 Å². The molecule has 4 bridgehead atoms. The molecule has 0 aromatic heterocycles. The molecule has 0 spiro atoms. The Balaban J connectivity index is 1.80. The van der Waals surface area contributed by atoms with E-state index in [1.165, 1.54) is 45.4 Å². The van der Waals surface area contributed by atoms with Crippen LogP contribution < -0.4 is 0 Å². The molecule has 2 nitrogen and oxygen atoms in total. The normalized spacial score (nSPS) is 46.8. The SMILES string of the molecule is CC(=O)O[C@H](C)C12CC3CC(CC(C3)C1)C2. The summed E-state index contributed by atoms with van der Waals surface area (Å²) in [5.41, 5.74) is 0.348. The van der Waals surface area contributed by atoms with E-state index in [2.05, 4.69) is 6.92 Å². The second-order valence-electron chi connectivity index (χ2n) is 6.53. The molecular weight excluding hydrogens is 200 g/mol. The topological polar surface area (TPSA) is 26.3 Å². The number of carbonyl (C=O) groups excluding carboxylic acids is 1. The minimum absolute atomic E-state index is 0.108. The molecule has 0 heterocycles. The van der Waals surface area contributed by atoms with Gasteiger partial charge in [-0.25, -0.2) is 0 Å². The van der Waals surface area contributed by atoms with Gasteiger partial charge in [0, 0.05) is 12.3 Å². The summed E-state index contributed by atoms with van der Waals surface area (Å²) in [5, 5.41) is 0. The molecule has 90 valence electrons. The van der Waals surface area contributed by atoms with Gasteiger partial charge < -0.3 is 4.74 Å². The van der Waals surface area contributed by atoms with E-state index in [4.69, 9.17) is 4.74 Å². The summed E-state index contributed by atoms with van der Waals surface area (Å²) in [5.74, 6) is 2.70. The molecule has 0 radical (unpaired) electrons. The standard InChI is InChI=1S/C14H22O2/c1-9(16-10(2)15)14-6-11-3-12(7-14)5-13(4-11)8-14/h9,11-13H,3-8H2,1-2H3/t9-,11?,12?,13?,14?/m1/s1. The second kappa shape index (κ2) is 3.48. The van der Waals surface area contributed by atoms with Gasteiger partial charge in [0.1, 0.15) is 6.10 Å². The molecule has 0 aliphatic heterocycles. The zero-order valence-electron chi connectivity index (χ0n) is 10.4. The van der Waals surface area contributed by atoms with Crippen molar-refractivity contribution in [1.29, 1.82) is 0 Å². The summed E-state index contributed by atoms with van der Waals surface area (Å²) < 4.78 is 5.50. The van der Waals surface area contributed by atoms with Gasteiger partial charge in [0.2, 0.25) is 0 Å². The highest BCUT2D eigenvalue weighted by Crippen LogP contribution is 2.61. The average molecular weight is 222 g/mol. The maximum Gasteiger partial charge on any atom is 0.302 e. The largest absolute Gasteiger partial charge is 0.462 e. The monoisotopic (exact) mass is 222 g/mol. The van der Waals surface area contributed by atoms with Crippen LogP contribution >= 0.6 is 0 Å². The van der Waals surface area contributed by atoms with Crippen LogP contribution in [-0.2, 0) is 9.53 Å². The third kappa shape index (κ3) is 1.57. The zero-order valence-corrected chi connectivity index (χ0v) is 10.4. The van der Waals surface area contributed by atoms with Gasteiger partial charge in [-0.2, -0.15) is 0 Å². The van der Waals surface area contributed by atoms with Crippen molar-refractivity contribution in [3.8, 4) is 0 Å². The lowest BCUT2D eigenvalue weighted by Crippen LogP contribution is -2.51. The van der Waals surface area contributed by atoms with Crippen LogP contribution in [0.25, 0.3) is 0 Å². The molecule has 4 aliphatic rings. The van der Waals surface area contributed by atoms with Crippen molar-refractivity contribution in [3.05, 3.63) is 0 Å². The summed E-state index contributed by atoms with van der Waals surface area (Å²) in [6.45, 7) is 3.66. The maximum atomic E-state index is 11.1. The fraction of sp³-hybridized carbons (Fsp3) is 0.929. The molecule has 0 N–H and O–H groups in total. The molecule has 4 rings (SSSR count). The first kappa shape index (κ1) is 10.6. The Labute approximate surface area is 97.7 Å². The van der Waals surface area contributed by atoms with Crippen LogP contribution in [0.5, 0.6) is 0 Å². The summed E-state index contributed by atoms with van der Waals surface area (Å²) in [4.78, 5) is 11.1. The van der Waals surface area contributed by atoms with E-state index in [0.29, 0.717) is 5.41 Å². The first-order valence-corrected chi connectivity index (χ1v) is 6.74. The van der Waals surface area contributed by atoms with Gasteiger partial charge in [0.15, 0.2) is 0 Å². The highest BCUT2D eigenvalue weighted by molar-refractivity contribution is 5.66. The highest BCUT2D eigenvalue weighted by Gasteiger charge is 2.54. The Morgan fingerprint density at radius 3 is 1.94 bits per heavy atom. The van der Waals surface area contributed by atoms with Gasteiger partial charge >= 0.3 is 5.97 Å². The van der Waals surface area contributed by atoms with Gasteiger partial charge in [-0.05, 0) is 63.2 Å². The number of carbonyl (C=O) groups is 1. The van der Waals surface area contributed by atoms with E-state index in [0.717, 1.165) is 17.8 Å². The Kier molecular flexibility index (Phi) is 2.31. The maximum absolute atomic E-state index is 11.1. The molecule has 16 heavy (non-hydrogen) atoms. The minimum atomic E-state index is -0.108. The molecule has 1 atom stereocenters. The van der Waals surface area contributed by atoms with Crippen molar-refractivity contribution in [2.45, 2.75) is 58.5 Å². The molecular formula is C14H22O2. The molecule has 2 heteroatoms. The lowest BCUT2D eigenvalue weighted by Gasteiger charge is -2.58. The van der Waals surface area contributed by atoms with E-state index in [9.17, 15) is 4.79 Å². The molecule has 0 aromatic rings. The Morgan fingerprint density at radius 2 is 1.56 bits per heavy atom. The molecule has 0 saturated heterocycles. The smallest absolute Gasteiger partial charge is 0.302 e. The second-order valence-corrected chi connectivity index (χ2v) is 6.53. The number of esters is 1. The fourth-order valence-electron chi connectivity index (χ4n) is 5.05. The van der Waals surface area contributed by atoms with Crippen molar-refractivity contribution >= 4 is 5.97 Å². The molecule has 0 aromatic carbocycles. The van der Waals surface area contributed by atoms with Gasteiger partial charge in [-0.3, -0.25) is 4.79 Å². The van der Waals surface area contributed by atoms with Crippen molar-refractivity contribution in [2.24, 2.45) is 23.2 Å². The molecule has 4 fully saturated rings. The van der Waals surface area contributed by atoms with E-state index in [1.807, 2.05) is 0 Å². The lowest BCUT2D eigenvalue weighted by atomic mass is 9.48. The van der Waals surface area contributed by atoms with Crippen molar-refractivity contribution in [2.75, 3.05) is 0 Å². The predicted octanol–water partition coefficient (Wildman–Crippen LogP) is 3.15. The third-order valence-electron chi connectivity index (χ3n) is 5.29. The predicted molar refractivity (Wildman–Crippen MR) is 61.8 cm³/mol. The van der Waals surface area contributed by atoms with E-state index in [1.54, 1.807) is 0 Å². The van der Waals surface area contributed by atoms with Crippen molar-refractivity contribution in [3.63, 3.8) is 0 Å². The van der Waals surface area contributed by atoms with Crippen molar-refractivity contribution < 1.29 is 9.53 Å². The highest BCUT2D eigenvalue weighted by atomic mass is 16.5. The van der Waals surface area contributed by atoms with E-state index in [-0.39, 0.29) is 12.1 Å². The summed E-state index contributed by atoms with van der Waals surface area (Å²) in [6, 6.07) is 0. The number of ether oxygens (including phenoxy) is 1. The van der Waals surface area contributed by atoms with Crippen LogP contribution in [0.15, 0.2) is 0 Å². The lowest BCUT2D eigenvalue weighted by molar-refractivity contribution is -0.167. The van der Waals surface area contributed by atoms with Crippen molar-refractivity contribution in [1.82, 2.24) is 0 Å². The summed E-state index contributed by atoms with van der Waals surface area (Å²) in [7, 11) is 0. The Morgan fingerprint density at radius 1 is 1.12 bits per heavy atom. The van der Waals surface area contributed by atoms with Gasteiger partial charge in [-0.15, -0.1) is 0 Å². The Hall–Kier alpha value is -0.530. The average Bonchev–Trinajstić information content (AvgIpc) is 2.13. The zero-order chi connectivity index (χ0) is 11.3. The van der Waals surface area contributed by atoms with Gasteiger partial charge in [0.25, 0.3) is 0 Å². The number of hydrogen-bond donors (Lipinski definition) is 0. The third-order valence-corrected chi connectivity index (χ3v) is 5.29. The minimum Gasteiger partial charge on any atom is -0.462 e. The summed E-state index contributed by atoms with van der Waals surface area (Å²) in [6.07, 6.45) is 8.43. The van der Waals surface area contributed by atoms with Crippen LogP contribution in [0.2, 0.25) is 0 Å². The number of hydrogen-bond acceptors (Lipinski definition) is 2. The molecule has 0 amide bonds. The van der Waals surface area contributed by atoms with Crippen LogP contribution in [0.1, 0.15) is 52.4 Å². The number of rotatable bonds is 2. The Bertz CT molecular complexity index is 273. The quantitative estimate of drug-likeness (QED) is 0.671. The van der Waals surface area contributed by atoms with E-state index >= 15 is 0 Å². The van der Waals surface area contributed by atoms with Crippen LogP contribution in [-0.4, -0.2) is 12.1 Å².